The van der Waals surface area contributed by atoms with Crippen molar-refractivity contribution in [2.24, 2.45) is 11.8 Å². The summed E-state index contributed by atoms with van der Waals surface area (Å²) in [6.45, 7) is 3.62. The van der Waals surface area contributed by atoms with Crippen LogP contribution in [-0.4, -0.2) is 80.6 Å². The molecule has 204 valence electrons. The van der Waals surface area contributed by atoms with Gasteiger partial charge in [0.25, 0.3) is 0 Å². The number of carbonyl (C=O) groups is 1. The third-order valence-electron chi connectivity index (χ3n) is 7.66. The molecule has 0 radical (unpaired) electrons. The molecule has 10 nitrogen and oxygen atoms in total. The van der Waals surface area contributed by atoms with E-state index >= 15 is 0 Å². The molecule has 1 aliphatic heterocycles. The van der Waals surface area contributed by atoms with Gasteiger partial charge in [-0.25, -0.2) is 9.78 Å². The monoisotopic (exact) mass is 542 g/mol. The molecule has 1 amide bonds. The number of nitrogens with zero attached hydrogens (tertiary/aromatic N) is 3. The molecule has 0 saturated heterocycles. The van der Waals surface area contributed by atoms with Gasteiger partial charge in [-0.05, 0) is 42.5 Å². The van der Waals surface area contributed by atoms with Crippen molar-refractivity contribution in [3.05, 3.63) is 46.6 Å². The second kappa shape index (κ2) is 11.8. The van der Waals surface area contributed by atoms with Gasteiger partial charge in [-0.3, -0.25) is 0 Å². The van der Waals surface area contributed by atoms with Gasteiger partial charge in [0.05, 0.1) is 31.6 Å². The van der Waals surface area contributed by atoms with Crippen LogP contribution in [0.3, 0.4) is 0 Å². The molecule has 0 spiro atoms. The Morgan fingerprint density at radius 2 is 1.92 bits per heavy atom. The van der Waals surface area contributed by atoms with Crippen molar-refractivity contribution in [1.29, 1.82) is 0 Å². The van der Waals surface area contributed by atoms with Crippen LogP contribution in [0.25, 0.3) is 0 Å². The largest absolute Gasteiger partial charge is 0.495 e. The van der Waals surface area contributed by atoms with Crippen molar-refractivity contribution in [1.82, 2.24) is 20.2 Å². The molecule has 1 aromatic carbocycles. The zero-order chi connectivity index (χ0) is 26.6. The fourth-order valence-corrected chi connectivity index (χ4v) is 5.77. The summed E-state index contributed by atoms with van der Waals surface area (Å²) >= 11 is 6.49. The van der Waals surface area contributed by atoms with E-state index in [0.29, 0.717) is 16.8 Å². The zero-order valence-electron chi connectivity index (χ0n) is 22.0. The molecule has 11 heteroatoms. The first-order valence-corrected chi connectivity index (χ1v) is 13.4. The average molecular weight is 543 g/mol. The van der Waals surface area contributed by atoms with E-state index in [1.807, 2.05) is 0 Å². The highest BCUT2D eigenvalue weighted by Gasteiger charge is 2.47. The van der Waals surface area contributed by atoms with Crippen LogP contribution in [0.15, 0.2) is 30.5 Å². The highest BCUT2D eigenvalue weighted by molar-refractivity contribution is 6.32. The highest BCUT2D eigenvalue weighted by atomic mass is 35.5. The van der Waals surface area contributed by atoms with E-state index in [0.717, 1.165) is 56.9 Å². The fourth-order valence-electron chi connectivity index (χ4n) is 5.63. The number of halogens is 1. The van der Waals surface area contributed by atoms with Crippen LogP contribution in [0.4, 0.5) is 22.2 Å². The number of aromatic nitrogens is 2. The number of nitrogens with one attached hydrogen (secondary N) is 3. The lowest BCUT2D eigenvalue weighted by atomic mass is 9.98. The molecule has 4 unspecified atom stereocenters. The first-order valence-electron chi connectivity index (χ1n) is 13.0. The molecule has 1 aromatic heterocycles. The summed E-state index contributed by atoms with van der Waals surface area (Å²) in [6.07, 6.45) is 7.91. The summed E-state index contributed by atoms with van der Waals surface area (Å²) in [5.41, 5.74) is 3.37. The maximum absolute atomic E-state index is 11.9. The molecule has 2 bridgehead atoms. The van der Waals surface area contributed by atoms with E-state index in [2.05, 4.69) is 55.1 Å². The Bertz CT molecular complexity index is 1190. The Morgan fingerprint density at radius 1 is 1.16 bits per heavy atom. The molecule has 3 N–H and O–H groups in total. The SMILES string of the molecule is CNC(=O)OC1C2C=CC(C2)C1Nc1nc(Nc2cc3c(cc2OC)CCN(CCOC)CC3)ncc1Cl. The summed E-state index contributed by atoms with van der Waals surface area (Å²) in [5.74, 6) is 2.02. The molecule has 4 atom stereocenters. The van der Waals surface area contributed by atoms with Gasteiger partial charge in [-0.1, -0.05) is 23.8 Å². The standard InChI is InChI=1S/C27H35ClN6O4/c1-29-27(35)38-24-19-5-4-18(12-19)23(24)32-25-20(28)15-30-26(33-25)31-21-13-16-6-8-34(10-11-36-2)9-7-17(16)14-22(21)37-3/h4-5,13-15,18-19,23-24H,6-12H2,1-3H3,(H,29,35)(H2,30,31,32,33). The molecule has 2 aromatic rings. The number of methoxy groups -OCH3 is 2. The van der Waals surface area contributed by atoms with Crippen LogP contribution in [0.2, 0.25) is 5.02 Å². The van der Waals surface area contributed by atoms with Crippen molar-refractivity contribution in [2.45, 2.75) is 31.4 Å². The fraction of sp³-hybridized carbons (Fsp3) is 0.519. The Morgan fingerprint density at radius 3 is 2.66 bits per heavy atom. The third kappa shape index (κ3) is 5.67. The van der Waals surface area contributed by atoms with Gasteiger partial charge in [-0.2, -0.15) is 4.98 Å². The Balaban J connectivity index is 1.33. The Kier molecular flexibility index (Phi) is 8.21. The molecule has 2 aliphatic carbocycles. The number of hydrogen-bond donors (Lipinski definition) is 3. The maximum Gasteiger partial charge on any atom is 0.407 e. The van der Waals surface area contributed by atoms with Gasteiger partial charge < -0.3 is 35.1 Å². The van der Waals surface area contributed by atoms with Crippen molar-refractivity contribution < 1.29 is 19.0 Å². The maximum atomic E-state index is 11.9. The summed E-state index contributed by atoms with van der Waals surface area (Å²) in [7, 11) is 4.96. The van der Waals surface area contributed by atoms with E-state index in [-0.39, 0.29) is 24.0 Å². The summed E-state index contributed by atoms with van der Waals surface area (Å²) in [4.78, 5) is 23.5. The summed E-state index contributed by atoms with van der Waals surface area (Å²) < 4.78 is 16.7. The van der Waals surface area contributed by atoms with Gasteiger partial charge in [0.2, 0.25) is 5.95 Å². The van der Waals surface area contributed by atoms with Gasteiger partial charge in [0, 0.05) is 45.6 Å². The predicted molar refractivity (Wildman–Crippen MR) is 147 cm³/mol. The van der Waals surface area contributed by atoms with E-state index in [1.54, 1.807) is 27.5 Å². The summed E-state index contributed by atoms with van der Waals surface area (Å²) in [5, 5.41) is 9.69. The number of ether oxygens (including phenoxy) is 3. The lowest BCUT2D eigenvalue weighted by Gasteiger charge is -2.29. The topological polar surface area (TPSA) is 110 Å². The third-order valence-corrected chi connectivity index (χ3v) is 7.93. The normalized spacial score (nSPS) is 24.0. The van der Waals surface area contributed by atoms with E-state index < -0.39 is 6.09 Å². The zero-order valence-corrected chi connectivity index (χ0v) is 22.8. The van der Waals surface area contributed by atoms with E-state index in [1.165, 1.54) is 11.1 Å². The molecular formula is C27H35ClN6O4. The molecule has 3 aliphatic rings. The average Bonchev–Trinajstić information content (AvgIpc) is 3.46. The number of hydrogen-bond acceptors (Lipinski definition) is 9. The molecular weight excluding hydrogens is 508 g/mol. The predicted octanol–water partition coefficient (Wildman–Crippen LogP) is 3.64. The van der Waals surface area contributed by atoms with Crippen molar-refractivity contribution in [3.8, 4) is 5.75 Å². The minimum Gasteiger partial charge on any atom is -0.495 e. The van der Waals surface area contributed by atoms with Crippen LogP contribution >= 0.6 is 11.6 Å². The second-order valence-corrected chi connectivity index (χ2v) is 10.3. The minimum absolute atomic E-state index is 0.134. The van der Waals surface area contributed by atoms with E-state index in [4.69, 9.17) is 25.8 Å². The number of anilines is 3. The Hall–Kier alpha value is -3.08. The van der Waals surface area contributed by atoms with Crippen LogP contribution in [-0.2, 0) is 22.3 Å². The van der Waals surface area contributed by atoms with E-state index in [9.17, 15) is 4.79 Å². The first kappa shape index (κ1) is 26.5. The number of fused-ring (bicyclic) bond motifs is 3. The van der Waals surface area contributed by atoms with Crippen LogP contribution in [0.1, 0.15) is 17.5 Å². The number of alkyl carbamates (subject to hydrolysis) is 1. The molecule has 1 saturated carbocycles. The number of benzene rings is 1. The van der Waals surface area contributed by atoms with Crippen LogP contribution in [0.5, 0.6) is 5.75 Å². The molecule has 38 heavy (non-hydrogen) atoms. The minimum atomic E-state index is -0.448. The second-order valence-electron chi connectivity index (χ2n) is 9.91. The Labute approximate surface area is 228 Å². The number of rotatable bonds is 9. The van der Waals surface area contributed by atoms with Gasteiger partial charge >= 0.3 is 6.09 Å². The number of amides is 1. The quantitative estimate of drug-likeness (QED) is 0.409. The smallest absolute Gasteiger partial charge is 0.407 e. The van der Waals surface area contributed by atoms with Crippen molar-refractivity contribution in [2.75, 3.05) is 58.1 Å². The van der Waals surface area contributed by atoms with Crippen LogP contribution in [0, 0.1) is 11.8 Å². The van der Waals surface area contributed by atoms with Gasteiger partial charge in [0.1, 0.15) is 16.9 Å². The molecule has 1 fully saturated rings. The summed E-state index contributed by atoms with van der Waals surface area (Å²) in [6, 6.07) is 4.10. The lowest BCUT2D eigenvalue weighted by Crippen LogP contribution is -2.42. The van der Waals surface area contributed by atoms with Gasteiger partial charge in [0.15, 0.2) is 5.82 Å². The van der Waals surface area contributed by atoms with Crippen molar-refractivity contribution >= 4 is 35.1 Å². The van der Waals surface area contributed by atoms with Gasteiger partial charge in [-0.15, -0.1) is 0 Å². The number of carbonyl (C=O) groups excluding carboxylic acids is 1. The van der Waals surface area contributed by atoms with Crippen molar-refractivity contribution in [3.63, 3.8) is 0 Å². The molecule has 2 heterocycles. The lowest BCUT2D eigenvalue weighted by molar-refractivity contribution is 0.0791. The first-order chi connectivity index (χ1) is 18.5. The molecule has 5 rings (SSSR count). The van der Waals surface area contributed by atoms with Crippen LogP contribution < -0.4 is 20.7 Å². The highest BCUT2D eigenvalue weighted by Crippen LogP contribution is 2.43.